The van der Waals surface area contributed by atoms with Crippen LogP contribution in [0.3, 0.4) is 0 Å². The lowest BCUT2D eigenvalue weighted by molar-refractivity contribution is -0.392. The van der Waals surface area contributed by atoms with Crippen LogP contribution in [0.25, 0.3) is 0 Å². The van der Waals surface area contributed by atoms with E-state index in [9.17, 15) is 10.1 Å². The summed E-state index contributed by atoms with van der Waals surface area (Å²) in [6, 6.07) is 0. The van der Waals surface area contributed by atoms with Gasteiger partial charge in [0.1, 0.15) is 6.20 Å². The van der Waals surface area contributed by atoms with E-state index in [1.165, 1.54) is 17.1 Å². The van der Waals surface area contributed by atoms with Crippen LogP contribution in [0.15, 0.2) is 12.5 Å². The second-order valence-corrected chi connectivity index (χ2v) is 1.79. The van der Waals surface area contributed by atoms with Crippen molar-refractivity contribution in [1.82, 2.24) is 9.55 Å². The normalized spacial score (nSPS) is 9.70. The molecule has 10 heavy (non-hydrogen) atoms. The average molecular weight is 141 g/mol. The maximum atomic E-state index is 10.2. The first-order chi connectivity index (χ1) is 4.75. The van der Waals surface area contributed by atoms with Gasteiger partial charge < -0.3 is 10.1 Å². The highest BCUT2D eigenvalue weighted by atomic mass is 16.6. The molecule has 1 heterocycles. The minimum absolute atomic E-state index is 0.0440. The van der Waals surface area contributed by atoms with E-state index in [0.717, 1.165) is 0 Å². The topological polar surface area (TPSA) is 61.0 Å². The molecule has 0 N–H and O–H groups in total. The Balaban J connectivity index is 3.01. The first-order valence-corrected chi connectivity index (χ1v) is 2.90. The number of aromatic nitrogens is 2. The van der Waals surface area contributed by atoms with E-state index >= 15 is 0 Å². The quantitative estimate of drug-likeness (QED) is 0.452. The smallest absolute Gasteiger partial charge is 0.342 e. The second-order valence-electron chi connectivity index (χ2n) is 1.79. The van der Waals surface area contributed by atoms with Gasteiger partial charge in [-0.1, -0.05) is 0 Å². The third-order valence-electron chi connectivity index (χ3n) is 1.22. The Morgan fingerprint density at radius 1 is 1.90 bits per heavy atom. The molecular formula is C5H7N3O2. The molecule has 5 nitrogen and oxygen atoms in total. The third kappa shape index (κ3) is 0.975. The van der Waals surface area contributed by atoms with Crippen LogP contribution in [0.1, 0.15) is 6.92 Å². The molecule has 0 radical (unpaired) electrons. The molecule has 0 aliphatic carbocycles. The molecule has 0 saturated carbocycles. The van der Waals surface area contributed by atoms with Crippen LogP contribution in [0, 0.1) is 10.1 Å². The number of rotatable bonds is 2. The minimum Gasteiger partial charge on any atom is -0.358 e. The van der Waals surface area contributed by atoms with Gasteiger partial charge in [0.2, 0.25) is 0 Å². The van der Waals surface area contributed by atoms with E-state index in [1.807, 2.05) is 6.92 Å². The van der Waals surface area contributed by atoms with Gasteiger partial charge in [-0.05, 0) is 11.8 Å². The largest absolute Gasteiger partial charge is 0.358 e. The summed E-state index contributed by atoms with van der Waals surface area (Å²) >= 11 is 0. The van der Waals surface area contributed by atoms with Crippen LogP contribution in [0.2, 0.25) is 0 Å². The second kappa shape index (κ2) is 2.47. The van der Waals surface area contributed by atoms with Crippen molar-refractivity contribution >= 4 is 5.82 Å². The number of hydrogen-bond donors (Lipinski definition) is 0. The fraction of sp³-hybridized carbons (Fsp3) is 0.400. The molecule has 0 bridgehead atoms. The van der Waals surface area contributed by atoms with E-state index in [0.29, 0.717) is 6.54 Å². The van der Waals surface area contributed by atoms with Crippen LogP contribution in [-0.2, 0) is 6.54 Å². The Bertz CT molecular complexity index is 243. The Morgan fingerprint density at radius 2 is 2.60 bits per heavy atom. The Hall–Kier alpha value is -1.39. The van der Waals surface area contributed by atoms with Gasteiger partial charge >= 0.3 is 5.82 Å². The molecule has 54 valence electrons. The number of imidazole rings is 1. The first-order valence-electron chi connectivity index (χ1n) is 2.90. The van der Waals surface area contributed by atoms with Gasteiger partial charge in [-0.15, -0.1) is 0 Å². The van der Waals surface area contributed by atoms with Crippen molar-refractivity contribution in [2.24, 2.45) is 0 Å². The van der Waals surface area contributed by atoms with Crippen molar-refractivity contribution in [3.63, 3.8) is 0 Å². The Kier molecular flexibility index (Phi) is 1.66. The lowest BCUT2D eigenvalue weighted by Crippen LogP contribution is -1.98. The fourth-order valence-electron chi connectivity index (χ4n) is 0.709. The molecule has 5 heteroatoms. The predicted octanol–water partition coefficient (Wildman–Crippen LogP) is 0.811. The minimum atomic E-state index is -0.448. The van der Waals surface area contributed by atoms with Crippen LogP contribution in [-0.4, -0.2) is 14.5 Å². The van der Waals surface area contributed by atoms with Crippen molar-refractivity contribution in [1.29, 1.82) is 0 Å². The molecule has 1 rings (SSSR count). The van der Waals surface area contributed by atoms with Crippen LogP contribution >= 0.6 is 0 Å². The molecule has 0 atom stereocenters. The zero-order valence-electron chi connectivity index (χ0n) is 5.52. The Morgan fingerprint density at radius 3 is 3.00 bits per heavy atom. The first kappa shape index (κ1) is 6.73. The summed E-state index contributed by atoms with van der Waals surface area (Å²) in [5.74, 6) is 0.0440. The molecule has 0 spiro atoms. The van der Waals surface area contributed by atoms with E-state index in [-0.39, 0.29) is 5.82 Å². The summed E-state index contributed by atoms with van der Waals surface area (Å²) in [4.78, 5) is 13.4. The standard InChI is InChI=1S/C5H7N3O2/c1-2-7-4-6-3-5(7)8(9)10/h3-4H,2H2,1H3. The summed E-state index contributed by atoms with van der Waals surface area (Å²) < 4.78 is 1.47. The highest BCUT2D eigenvalue weighted by Gasteiger charge is 2.09. The van der Waals surface area contributed by atoms with E-state index in [1.54, 1.807) is 0 Å². The van der Waals surface area contributed by atoms with Gasteiger partial charge in [0.05, 0.1) is 6.54 Å². The maximum Gasteiger partial charge on any atom is 0.342 e. The molecule has 0 aliphatic heterocycles. The summed E-state index contributed by atoms with van der Waals surface area (Å²) in [6.07, 6.45) is 2.68. The van der Waals surface area contributed by atoms with Crippen molar-refractivity contribution in [3.05, 3.63) is 22.6 Å². The van der Waals surface area contributed by atoms with Crippen LogP contribution in [0.4, 0.5) is 5.82 Å². The number of aryl methyl sites for hydroxylation is 1. The van der Waals surface area contributed by atoms with Crippen LogP contribution in [0.5, 0.6) is 0 Å². The van der Waals surface area contributed by atoms with Gasteiger partial charge in [0.15, 0.2) is 6.33 Å². The average Bonchev–Trinajstić information content (AvgIpc) is 2.33. The van der Waals surface area contributed by atoms with Gasteiger partial charge in [-0.25, -0.2) is 9.55 Å². The zero-order chi connectivity index (χ0) is 7.56. The molecule has 0 saturated heterocycles. The zero-order valence-corrected chi connectivity index (χ0v) is 5.52. The SMILES string of the molecule is CCn1cncc1[N+](=O)[O-]. The van der Waals surface area contributed by atoms with Gasteiger partial charge in [0.25, 0.3) is 0 Å². The molecule has 0 fully saturated rings. The van der Waals surface area contributed by atoms with Crippen LogP contribution < -0.4 is 0 Å². The molecule has 0 aromatic carbocycles. The van der Waals surface area contributed by atoms with Crippen molar-refractivity contribution < 1.29 is 4.92 Å². The van der Waals surface area contributed by atoms with Crippen molar-refractivity contribution in [2.45, 2.75) is 13.5 Å². The van der Waals surface area contributed by atoms with Gasteiger partial charge in [0, 0.05) is 0 Å². The molecule has 0 amide bonds. The van der Waals surface area contributed by atoms with E-state index in [2.05, 4.69) is 4.98 Å². The molecule has 1 aromatic heterocycles. The van der Waals surface area contributed by atoms with Gasteiger partial charge in [-0.2, -0.15) is 0 Å². The van der Waals surface area contributed by atoms with Crippen molar-refractivity contribution in [3.8, 4) is 0 Å². The lowest BCUT2D eigenvalue weighted by atomic mass is 10.7. The monoisotopic (exact) mass is 141 g/mol. The number of hydrogen-bond acceptors (Lipinski definition) is 3. The Labute approximate surface area is 57.5 Å². The van der Waals surface area contributed by atoms with E-state index in [4.69, 9.17) is 0 Å². The molecule has 1 aromatic rings. The predicted molar refractivity (Wildman–Crippen MR) is 34.6 cm³/mol. The molecule has 0 aliphatic rings. The summed E-state index contributed by atoms with van der Waals surface area (Å²) in [5, 5.41) is 10.2. The summed E-state index contributed by atoms with van der Waals surface area (Å²) in [6.45, 7) is 2.41. The number of nitrogens with zero attached hydrogens (tertiary/aromatic N) is 3. The van der Waals surface area contributed by atoms with E-state index < -0.39 is 4.92 Å². The number of nitro groups is 1. The lowest BCUT2D eigenvalue weighted by Gasteiger charge is -1.93. The molecule has 0 unspecified atom stereocenters. The maximum absolute atomic E-state index is 10.2. The highest BCUT2D eigenvalue weighted by molar-refractivity contribution is 5.14. The van der Waals surface area contributed by atoms with Gasteiger partial charge in [-0.3, -0.25) is 0 Å². The highest BCUT2D eigenvalue weighted by Crippen LogP contribution is 2.07. The van der Waals surface area contributed by atoms with Crippen molar-refractivity contribution in [2.75, 3.05) is 0 Å². The summed E-state index contributed by atoms with van der Waals surface area (Å²) in [7, 11) is 0. The molecular weight excluding hydrogens is 134 g/mol. The fourth-order valence-corrected chi connectivity index (χ4v) is 0.709. The third-order valence-corrected chi connectivity index (χ3v) is 1.22. The summed E-state index contributed by atoms with van der Waals surface area (Å²) in [5.41, 5.74) is 0.